The van der Waals surface area contributed by atoms with Gasteiger partial charge in [-0.3, -0.25) is 0 Å². The van der Waals surface area contributed by atoms with E-state index in [2.05, 4.69) is 21.3 Å². The maximum atomic E-state index is 11.8. The molecule has 34 heavy (non-hydrogen) atoms. The zero-order valence-electron chi connectivity index (χ0n) is 18.6. The second-order valence-corrected chi connectivity index (χ2v) is 6.35. The molecule has 0 aromatic heterocycles. The van der Waals surface area contributed by atoms with Crippen molar-refractivity contribution in [2.75, 3.05) is 52.6 Å². The van der Waals surface area contributed by atoms with Crippen LogP contribution in [0.1, 0.15) is 62.3 Å². The summed E-state index contributed by atoms with van der Waals surface area (Å²) in [4.78, 5) is 45.8. The lowest BCUT2D eigenvalue weighted by Gasteiger charge is -2.17. The molecule has 0 aliphatic rings. The highest BCUT2D eigenvalue weighted by atomic mass is 16.6. The van der Waals surface area contributed by atoms with Gasteiger partial charge in [0, 0.05) is 32.1 Å². The molecule has 0 saturated carbocycles. The maximum absolute atomic E-state index is 11.8. The van der Waals surface area contributed by atoms with Gasteiger partial charge < -0.3 is 40.2 Å². The zero-order chi connectivity index (χ0) is 23.3. The largest absolute Gasteiger partial charge is 0.450 e. The smallest absolute Gasteiger partial charge is 0.407 e. The molecule has 0 radical (unpaired) electrons. The van der Waals surface area contributed by atoms with Crippen molar-refractivity contribution in [3.63, 3.8) is 0 Å². The van der Waals surface area contributed by atoms with Crippen LogP contribution in [-0.2, 0) is 18.9 Å². The van der Waals surface area contributed by atoms with Crippen LogP contribution in [0.25, 0.3) is 0 Å². The number of alkyl carbamates (subject to hydrolysis) is 4. The summed E-state index contributed by atoms with van der Waals surface area (Å²) in [5.74, 6) is -0.147. The lowest BCUT2D eigenvalue weighted by atomic mass is 10.0. The Morgan fingerprint density at radius 1 is 0.588 bits per heavy atom. The van der Waals surface area contributed by atoms with Gasteiger partial charge in [0.1, 0.15) is 0 Å². The Labute approximate surface area is 205 Å². The summed E-state index contributed by atoms with van der Waals surface area (Å²) in [7, 11) is 0. The van der Waals surface area contributed by atoms with Gasteiger partial charge in [-0.05, 0) is 20.3 Å². The number of hydrogen-bond acceptors (Lipinski definition) is 8. The lowest BCUT2D eigenvalue weighted by Crippen LogP contribution is -2.37. The van der Waals surface area contributed by atoms with Crippen molar-refractivity contribution in [1.29, 1.82) is 0 Å². The predicted octanol–water partition coefficient (Wildman–Crippen LogP) is 3.65. The average Bonchev–Trinajstić information content (AvgIpc) is 2.74. The van der Waals surface area contributed by atoms with Crippen LogP contribution < -0.4 is 21.3 Å². The number of carbonyl (C=O) groups excluding carboxylic acids is 4. The number of hydrogen-bond donors (Lipinski definition) is 4. The third kappa shape index (κ3) is 23.7. The molecule has 0 unspecified atom stereocenters. The normalized spacial score (nSPS) is 9.18. The molecule has 0 aliphatic heterocycles. The van der Waals surface area contributed by atoms with Gasteiger partial charge in [0.15, 0.2) is 0 Å². The second kappa shape index (κ2) is 26.3. The van der Waals surface area contributed by atoms with Gasteiger partial charge in [-0.1, -0.05) is 42.0 Å². The van der Waals surface area contributed by atoms with Gasteiger partial charge in [0.05, 0.1) is 26.4 Å². The molecule has 12 heteroatoms. The lowest BCUT2D eigenvalue weighted by molar-refractivity contribution is 0.0817. The fraction of sp³-hybridized carbons (Fsp3) is 0.818. The standard InChI is InChI=1S/C19H36N4O8.3CH4/c1-4-7-8-15(13-30-18(26)22-11-9-20-16(24)28-5-2)14-31-19(27)23-12-10-21-17(25)29-6-3;;;/h15H,4-14H2,1-3H3,(H,20,24)(H,21,25)(H,22,26)(H,23,27);3*1H4. The van der Waals surface area contributed by atoms with Crippen molar-refractivity contribution >= 4 is 24.4 Å². The number of carbonyl (C=O) groups is 4. The van der Waals surface area contributed by atoms with Gasteiger partial charge in [-0.15, -0.1) is 0 Å². The van der Waals surface area contributed by atoms with Crippen LogP contribution in [0.3, 0.4) is 0 Å². The fourth-order valence-corrected chi connectivity index (χ4v) is 2.22. The van der Waals surface area contributed by atoms with Crippen LogP contribution in [0.4, 0.5) is 19.2 Å². The number of ether oxygens (including phenoxy) is 4. The van der Waals surface area contributed by atoms with Crippen molar-refractivity contribution < 1.29 is 38.1 Å². The first kappa shape index (κ1) is 38.3. The molecule has 0 aromatic carbocycles. The molecule has 12 nitrogen and oxygen atoms in total. The number of amides is 4. The molecule has 0 rings (SSSR count). The Morgan fingerprint density at radius 3 is 1.21 bits per heavy atom. The number of nitrogens with one attached hydrogen (secondary N) is 4. The van der Waals surface area contributed by atoms with E-state index >= 15 is 0 Å². The van der Waals surface area contributed by atoms with Crippen LogP contribution in [0.2, 0.25) is 0 Å². The third-order valence-corrected chi connectivity index (χ3v) is 3.74. The number of rotatable bonds is 15. The van der Waals surface area contributed by atoms with Crippen molar-refractivity contribution in [2.45, 2.75) is 62.3 Å². The van der Waals surface area contributed by atoms with Gasteiger partial charge in [0.25, 0.3) is 0 Å². The topological polar surface area (TPSA) is 153 Å². The predicted molar refractivity (Wildman–Crippen MR) is 132 cm³/mol. The molecular formula is C22H48N4O8. The summed E-state index contributed by atoms with van der Waals surface area (Å²) in [6, 6.07) is 0. The molecule has 4 amide bonds. The van der Waals surface area contributed by atoms with E-state index in [4.69, 9.17) is 18.9 Å². The Balaban J connectivity index is -0.00000150. The maximum Gasteiger partial charge on any atom is 0.407 e. The van der Waals surface area contributed by atoms with E-state index in [1.807, 2.05) is 6.92 Å². The Kier molecular flexibility index (Phi) is 29.7. The first-order valence-electron chi connectivity index (χ1n) is 10.5. The summed E-state index contributed by atoms with van der Waals surface area (Å²) >= 11 is 0. The van der Waals surface area contributed by atoms with Crippen LogP contribution in [0.15, 0.2) is 0 Å². The van der Waals surface area contributed by atoms with E-state index in [0.29, 0.717) is 0 Å². The van der Waals surface area contributed by atoms with E-state index in [0.717, 1.165) is 19.3 Å². The molecule has 0 fully saturated rings. The molecular weight excluding hydrogens is 448 g/mol. The Bertz CT molecular complexity index is 493. The Morgan fingerprint density at radius 2 is 0.912 bits per heavy atom. The highest BCUT2D eigenvalue weighted by molar-refractivity contribution is 5.69. The highest BCUT2D eigenvalue weighted by Crippen LogP contribution is 2.10. The van der Waals surface area contributed by atoms with E-state index < -0.39 is 24.4 Å². The average molecular weight is 497 g/mol. The first-order valence-corrected chi connectivity index (χ1v) is 10.5. The highest BCUT2D eigenvalue weighted by Gasteiger charge is 2.15. The Hall–Kier alpha value is -2.92. The monoisotopic (exact) mass is 496 g/mol. The summed E-state index contributed by atoms with van der Waals surface area (Å²) in [5, 5.41) is 9.97. The van der Waals surface area contributed by atoms with Crippen molar-refractivity contribution in [3.05, 3.63) is 0 Å². The van der Waals surface area contributed by atoms with Gasteiger partial charge >= 0.3 is 24.4 Å². The van der Waals surface area contributed by atoms with Gasteiger partial charge in [-0.2, -0.15) is 0 Å². The quantitative estimate of drug-likeness (QED) is 0.198. The van der Waals surface area contributed by atoms with E-state index in [1.165, 1.54) is 0 Å². The van der Waals surface area contributed by atoms with Crippen LogP contribution in [-0.4, -0.2) is 77.0 Å². The fourth-order valence-electron chi connectivity index (χ4n) is 2.22. The van der Waals surface area contributed by atoms with E-state index in [9.17, 15) is 19.2 Å². The van der Waals surface area contributed by atoms with Crippen molar-refractivity contribution in [2.24, 2.45) is 5.92 Å². The van der Waals surface area contributed by atoms with Crippen LogP contribution >= 0.6 is 0 Å². The molecule has 4 N–H and O–H groups in total. The summed E-state index contributed by atoms with van der Waals surface area (Å²) in [5.41, 5.74) is 0. The second-order valence-electron chi connectivity index (χ2n) is 6.35. The minimum atomic E-state index is -0.623. The van der Waals surface area contributed by atoms with Gasteiger partial charge in [-0.25, -0.2) is 19.2 Å². The SMILES string of the molecule is C.C.C.CCCCC(COC(=O)NCCNC(=O)OCC)COC(=O)NCCNC(=O)OCC. The first-order chi connectivity index (χ1) is 14.9. The minimum Gasteiger partial charge on any atom is -0.450 e. The minimum absolute atomic E-state index is 0. The number of unbranched alkanes of at least 4 members (excludes halogenated alkanes) is 1. The molecule has 0 bridgehead atoms. The van der Waals surface area contributed by atoms with Crippen molar-refractivity contribution in [1.82, 2.24) is 21.3 Å². The van der Waals surface area contributed by atoms with Crippen molar-refractivity contribution in [3.8, 4) is 0 Å². The molecule has 0 atom stereocenters. The van der Waals surface area contributed by atoms with Crippen LogP contribution in [0, 0.1) is 5.92 Å². The summed E-state index contributed by atoms with van der Waals surface area (Å²) in [6.45, 7) is 6.95. The zero-order valence-corrected chi connectivity index (χ0v) is 18.6. The van der Waals surface area contributed by atoms with E-state index in [-0.39, 0.29) is 80.8 Å². The molecule has 0 aromatic rings. The van der Waals surface area contributed by atoms with Crippen LogP contribution in [0.5, 0.6) is 0 Å². The molecule has 0 spiro atoms. The third-order valence-electron chi connectivity index (χ3n) is 3.74. The summed E-state index contributed by atoms with van der Waals surface area (Å²) in [6.07, 6.45) is 0.227. The van der Waals surface area contributed by atoms with E-state index in [1.54, 1.807) is 13.8 Å². The summed E-state index contributed by atoms with van der Waals surface area (Å²) < 4.78 is 19.7. The molecule has 204 valence electrons. The molecule has 0 aliphatic carbocycles. The molecule has 0 heterocycles. The van der Waals surface area contributed by atoms with Gasteiger partial charge in [0.2, 0.25) is 0 Å². The molecule has 0 saturated heterocycles.